The molecule has 1 aromatic carbocycles. The van der Waals surface area contributed by atoms with Crippen LogP contribution in [-0.2, 0) is 4.79 Å². The van der Waals surface area contributed by atoms with Crippen molar-refractivity contribution in [3.05, 3.63) is 41.9 Å². The second-order valence-corrected chi connectivity index (χ2v) is 6.15. The quantitative estimate of drug-likeness (QED) is 0.795. The van der Waals surface area contributed by atoms with Crippen LogP contribution < -0.4 is 10.6 Å². The molecule has 2 N–H and O–H groups in total. The van der Waals surface area contributed by atoms with Crippen LogP contribution in [0.3, 0.4) is 0 Å². The summed E-state index contributed by atoms with van der Waals surface area (Å²) in [6, 6.07) is 8.90. The molecule has 26 heavy (non-hydrogen) atoms. The molecule has 1 aromatic heterocycles. The van der Waals surface area contributed by atoms with E-state index < -0.39 is 0 Å². The summed E-state index contributed by atoms with van der Waals surface area (Å²) in [5.41, 5.74) is 1.89. The van der Waals surface area contributed by atoms with Crippen molar-refractivity contribution < 1.29 is 9.59 Å². The Kier molecular flexibility index (Phi) is 6.66. The van der Waals surface area contributed by atoms with E-state index in [0.29, 0.717) is 23.9 Å². The lowest BCUT2D eigenvalue weighted by Crippen LogP contribution is -2.28. The van der Waals surface area contributed by atoms with Crippen LogP contribution in [-0.4, -0.2) is 40.3 Å². The molecular formula is C19H25N5O2. The zero-order chi connectivity index (χ0) is 19.1. The van der Waals surface area contributed by atoms with Crippen LogP contribution in [0.15, 0.2) is 30.3 Å². The Morgan fingerprint density at radius 2 is 1.77 bits per heavy atom. The molecule has 0 spiro atoms. The Bertz CT molecular complexity index is 774. The van der Waals surface area contributed by atoms with E-state index in [9.17, 15) is 9.59 Å². The second kappa shape index (κ2) is 8.94. The van der Waals surface area contributed by atoms with Crippen LogP contribution in [0.4, 0.5) is 17.2 Å². The number of carbonyl (C=O) groups is 2. The Hall–Kier alpha value is -2.96. The zero-order valence-corrected chi connectivity index (χ0v) is 15.7. The molecule has 2 aromatic rings. The third-order valence-electron chi connectivity index (χ3n) is 3.73. The number of hydrogen-bond donors (Lipinski definition) is 2. The molecular weight excluding hydrogens is 330 g/mol. The van der Waals surface area contributed by atoms with Crippen LogP contribution in [0.25, 0.3) is 0 Å². The molecule has 0 atom stereocenters. The summed E-state index contributed by atoms with van der Waals surface area (Å²) in [5.74, 6) is 0.842. The molecule has 0 aliphatic rings. The first-order valence-electron chi connectivity index (χ1n) is 8.65. The van der Waals surface area contributed by atoms with Gasteiger partial charge in [-0.25, -0.2) is 9.97 Å². The largest absolute Gasteiger partial charge is 0.340 e. The number of unbranched alkanes of at least 4 members (excludes halogenated alkanes) is 1. The number of amides is 2. The minimum absolute atomic E-state index is 0.118. The lowest BCUT2D eigenvalue weighted by atomic mass is 10.2. The molecule has 2 amide bonds. The Balaban J connectivity index is 2.13. The van der Waals surface area contributed by atoms with Crippen molar-refractivity contribution in [3.63, 3.8) is 0 Å². The van der Waals surface area contributed by atoms with E-state index >= 15 is 0 Å². The second-order valence-electron chi connectivity index (χ2n) is 6.15. The van der Waals surface area contributed by atoms with Crippen molar-refractivity contribution in [2.24, 2.45) is 0 Å². The number of rotatable bonds is 7. The topological polar surface area (TPSA) is 87.2 Å². The number of benzene rings is 1. The lowest BCUT2D eigenvalue weighted by molar-refractivity contribution is -0.114. The molecule has 0 aliphatic heterocycles. The van der Waals surface area contributed by atoms with Crippen molar-refractivity contribution in [1.29, 1.82) is 0 Å². The maximum Gasteiger partial charge on any atom is 0.272 e. The molecule has 0 unspecified atom stereocenters. The molecule has 0 bridgehead atoms. The summed E-state index contributed by atoms with van der Waals surface area (Å²) < 4.78 is 0. The number of hydrogen-bond acceptors (Lipinski definition) is 5. The average molecular weight is 355 g/mol. The fourth-order valence-electron chi connectivity index (χ4n) is 2.42. The van der Waals surface area contributed by atoms with Gasteiger partial charge in [-0.1, -0.05) is 13.3 Å². The van der Waals surface area contributed by atoms with Crippen molar-refractivity contribution in [2.75, 3.05) is 24.2 Å². The molecule has 0 fully saturated rings. The van der Waals surface area contributed by atoms with Crippen molar-refractivity contribution in [1.82, 2.24) is 14.9 Å². The van der Waals surface area contributed by atoms with E-state index in [4.69, 9.17) is 0 Å². The molecule has 0 saturated heterocycles. The van der Waals surface area contributed by atoms with Gasteiger partial charge in [0.1, 0.15) is 17.3 Å². The van der Waals surface area contributed by atoms with E-state index in [1.165, 1.54) is 6.92 Å². The van der Waals surface area contributed by atoms with Gasteiger partial charge in [-0.2, -0.15) is 0 Å². The predicted molar refractivity (Wildman–Crippen MR) is 103 cm³/mol. The summed E-state index contributed by atoms with van der Waals surface area (Å²) in [4.78, 5) is 33.9. The van der Waals surface area contributed by atoms with E-state index in [2.05, 4.69) is 27.5 Å². The Morgan fingerprint density at radius 1 is 1.12 bits per heavy atom. The maximum atomic E-state index is 12.5. The van der Waals surface area contributed by atoms with Crippen LogP contribution in [0.1, 0.15) is 43.0 Å². The van der Waals surface area contributed by atoms with Gasteiger partial charge in [0.2, 0.25) is 5.91 Å². The maximum absolute atomic E-state index is 12.5. The van der Waals surface area contributed by atoms with Crippen LogP contribution in [0, 0.1) is 6.92 Å². The van der Waals surface area contributed by atoms with Gasteiger partial charge in [0.15, 0.2) is 0 Å². The summed E-state index contributed by atoms with van der Waals surface area (Å²) >= 11 is 0. The minimum atomic E-state index is -0.118. The Labute approximate surface area is 153 Å². The smallest absolute Gasteiger partial charge is 0.272 e. The highest BCUT2D eigenvalue weighted by molar-refractivity contribution is 5.93. The standard InChI is InChI=1S/C19H25N5O2/c1-5-6-11-24(4)19(26)17-12-18(21-13(2)20-17)23-16-9-7-15(8-10-16)22-14(3)25/h7-10,12H,5-6,11H2,1-4H3,(H,22,25)(H,20,21,23). The molecule has 0 saturated carbocycles. The SMILES string of the molecule is CCCCN(C)C(=O)c1cc(Nc2ccc(NC(C)=O)cc2)nc(C)n1. The first-order valence-corrected chi connectivity index (χ1v) is 8.65. The summed E-state index contributed by atoms with van der Waals surface area (Å²) in [6.07, 6.45) is 1.99. The van der Waals surface area contributed by atoms with Gasteiger partial charge in [0, 0.05) is 38.0 Å². The van der Waals surface area contributed by atoms with E-state index in [0.717, 1.165) is 24.2 Å². The fourth-order valence-corrected chi connectivity index (χ4v) is 2.42. The van der Waals surface area contributed by atoms with Crippen molar-refractivity contribution in [2.45, 2.75) is 33.6 Å². The monoisotopic (exact) mass is 355 g/mol. The molecule has 7 nitrogen and oxygen atoms in total. The highest BCUT2D eigenvalue weighted by atomic mass is 16.2. The highest BCUT2D eigenvalue weighted by Crippen LogP contribution is 2.19. The highest BCUT2D eigenvalue weighted by Gasteiger charge is 2.15. The number of aryl methyl sites for hydroxylation is 1. The first kappa shape index (κ1) is 19.4. The summed E-state index contributed by atoms with van der Waals surface area (Å²) in [6.45, 7) is 6.01. The normalized spacial score (nSPS) is 10.3. The van der Waals surface area contributed by atoms with E-state index in [1.54, 1.807) is 37.1 Å². The van der Waals surface area contributed by atoms with Gasteiger partial charge in [-0.15, -0.1) is 0 Å². The van der Waals surface area contributed by atoms with Crippen molar-refractivity contribution in [3.8, 4) is 0 Å². The van der Waals surface area contributed by atoms with Gasteiger partial charge in [-0.3, -0.25) is 9.59 Å². The van der Waals surface area contributed by atoms with Crippen LogP contribution in [0.2, 0.25) is 0 Å². The van der Waals surface area contributed by atoms with E-state index in [1.807, 2.05) is 12.1 Å². The Morgan fingerprint density at radius 3 is 2.38 bits per heavy atom. The third-order valence-corrected chi connectivity index (χ3v) is 3.73. The van der Waals surface area contributed by atoms with Crippen LogP contribution >= 0.6 is 0 Å². The number of carbonyl (C=O) groups excluding carboxylic acids is 2. The average Bonchev–Trinajstić information content (AvgIpc) is 2.59. The third kappa shape index (κ3) is 5.54. The van der Waals surface area contributed by atoms with Crippen molar-refractivity contribution >= 4 is 29.0 Å². The summed E-state index contributed by atoms with van der Waals surface area (Å²) in [5, 5.41) is 5.88. The zero-order valence-electron chi connectivity index (χ0n) is 15.7. The molecule has 0 aliphatic carbocycles. The molecule has 7 heteroatoms. The van der Waals surface area contributed by atoms with Gasteiger partial charge in [0.25, 0.3) is 5.91 Å². The number of aromatic nitrogens is 2. The number of nitrogens with zero attached hydrogens (tertiary/aromatic N) is 3. The van der Waals surface area contributed by atoms with Gasteiger partial charge in [-0.05, 0) is 37.6 Å². The van der Waals surface area contributed by atoms with E-state index in [-0.39, 0.29) is 11.8 Å². The number of anilines is 3. The fraction of sp³-hybridized carbons (Fsp3) is 0.368. The molecule has 0 radical (unpaired) electrons. The first-order chi connectivity index (χ1) is 12.4. The molecule has 2 rings (SSSR count). The molecule has 1 heterocycles. The molecule has 138 valence electrons. The van der Waals surface area contributed by atoms with Gasteiger partial charge in [0.05, 0.1) is 0 Å². The minimum Gasteiger partial charge on any atom is -0.340 e. The summed E-state index contributed by atoms with van der Waals surface area (Å²) in [7, 11) is 1.78. The lowest BCUT2D eigenvalue weighted by Gasteiger charge is -2.17. The van der Waals surface area contributed by atoms with Gasteiger partial charge >= 0.3 is 0 Å². The number of nitrogens with one attached hydrogen (secondary N) is 2. The van der Waals surface area contributed by atoms with Crippen LogP contribution in [0.5, 0.6) is 0 Å². The van der Waals surface area contributed by atoms with Gasteiger partial charge < -0.3 is 15.5 Å². The predicted octanol–water partition coefficient (Wildman–Crippen LogP) is 3.36.